The zero-order valence-electron chi connectivity index (χ0n) is 15.8. The Balaban J connectivity index is 2.91. The first-order valence-corrected chi connectivity index (χ1v) is 8.81. The highest BCUT2D eigenvalue weighted by Gasteiger charge is 2.37. The molecule has 0 aromatic carbocycles. The number of hydrogen-bond acceptors (Lipinski definition) is 7. The predicted octanol–water partition coefficient (Wildman–Crippen LogP) is -3.36. The molecule has 1 heterocycles. The van der Waals surface area contributed by atoms with Crippen molar-refractivity contribution in [2.24, 2.45) is 11.5 Å². The van der Waals surface area contributed by atoms with Crippen LogP contribution < -0.4 is 22.1 Å². The number of aliphatic hydroxyl groups is 1. The number of carbonyl (C=O) groups excluding carboxylic acids is 4. The third-order valence-electron chi connectivity index (χ3n) is 4.31. The van der Waals surface area contributed by atoms with E-state index in [1.165, 1.54) is 11.8 Å². The first-order valence-electron chi connectivity index (χ1n) is 8.81. The van der Waals surface area contributed by atoms with E-state index in [0.29, 0.717) is 19.4 Å². The van der Waals surface area contributed by atoms with Gasteiger partial charge in [0.1, 0.15) is 12.1 Å². The van der Waals surface area contributed by atoms with Gasteiger partial charge in [0.2, 0.25) is 23.6 Å². The van der Waals surface area contributed by atoms with Crippen molar-refractivity contribution in [2.45, 2.75) is 63.4 Å². The average Bonchev–Trinajstić information content (AvgIpc) is 3.06. The van der Waals surface area contributed by atoms with E-state index in [4.69, 9.17) is 16.6 Å². The van der Waals surface area contributed by atoms with Gasteiger partial charge >= 0.3 is 5.97 Å². The SMILES string of the molecule is CC(N)C(=O)N1CCCC1C(=O)NC(CC(N)=O)C(=O)NC(C(=O)O)C(C)O. The second kappa shape index (κ2) is 9.99. The van der Waals surface area contributed by atoms with E-state index in [1.54, 1.807) is 0 Å². The lowest BCUT2D eigenvalue weighted by molar-refractivity contribution is -0.145. The van der Waals surface area contributed by atoms with Crippen LogP contribution in [0.4, 0.5) is 0 Å². The molecule has 0 spiro atoms. The van der Waals surface area contributed by atoms with Crippen molar-refractivity contribution in [1.82, 2.24) is 15.5 Å². The Morgan fingerprint density at radius 3 is 2.25 bits per heavy atom. The van der Waals surface area contributed by atoms with Crippen LogP contribution in [0.3, 0.4) is 0 Å². The molecule has 0 aromatic heterocycles. The Kier molecular flexibility index (Phi) is 8.32. The number of carboxylic acids is 1. The lowest BCUT2D eigenvalue weighted by Gasteiger charge is -2.27. The maximum atomic E-state index is 12.6. The van der Waals surface area contributed by atoms with Gasteiger partial charge in [-0.25, -0.2) is 4.79 Å². The van der Waals surface area contributed by atoms with Gasteiger partial charge in [0.05, 0.1) is 18.6 Å². The van der Waals surface area contributed by atoms with Crippen LogP contribution in [0.5, 0.6) is 0 Å². The maximum Gasteiger partial charge on any atom is 0.328 e. The summed E-state index contributed by atoms with van der Waals surface area (Å²) in [6, 6.07) is -4.77. The molecule has 0 aliphatic carbocycles. The molecule has 1 saturated heterocycles. The first kappa shape index (κ1) is 23.3. The molecule has 0 saturated carbocycles. The van der Waals surface area contributed by atoms with Crippen LogP contribution in [-0.2, 0) is 24.0 Å². The highest BCUT2D eigenvalue weighted by molar-refractivity contribution is 5.96. The van der Waals surface area contributed by atoms with Crippen LogP contribution in [0.15, 0.2) is 0 Å². The highest BCUT2D eigenvalue weighted by atomic mass is 16.4. The van der Waals surface area contributed by atoms with Gasteiger partial charge in [-0.05, 0) is 26.7 Å². The summed E-state index contributed by atoms with van der Waals surface area (Å²) >= 11 is 0. The van der Waals surface area contributed by atoms with Crippen LogP contribution in [-0.4, -0.2) is 81.5 Å². The van der Waals surface area contributed by atoms with Gasteiger partial charge in [0, 0.05) is 6.54 Å². The van der Waals surface area contributed by atoms with Crippen molar-refractivity contribution >= 4 is 29.6 Å². The maximum absolute atomic E-state index is 12.6. The van der Waals surface area contributed by atoms with Crippen LogP contribution in [0.25, 0.3) is 0 Å². The number of aliphatic carboxylic acids is 1. The van der Waals surface area contributed by atoms with E-state index in [0.717, 1.165) is 6.92 Å². The number of aliphatic hydroxyl groups excluding tert-OH is 1. The molecule has 1 aliphatic rings. The summed E-state index contributed by atoms with van der Waals surface area (Å²) in [5.74, 6) is -4.50. The molecule has 1 aliphatic heterocycles. The number of nitrogens with one attached hydrogen (secondary N) is 2. The van der Waals surface area contributed by atoms with Gasteiger partial charge in [-0.15, -0.1) is 0 Å². The summed E-state index contributed by atoms with van der Waals surface area (Å²) in [6.07, 6.45) is -1.09. The van der Waals surface area contributed by atoms with E-state index >= 15 is 0 Å². The second-order valence-electron chi connectivity index (χ2n) is 6.78. The number of carbonyl (C=O) groups is 5. The standard InChI is InChI=1S/C16H27N5O7/c1-7(17)15(26)21-5-3-4-10(21)14(25)19-9(6-11(18)23)13(24)20-12(8(2)22)16(27)28/h7-10,12,22H,3-6,17H2,1-2H3,(H2,18,23)(H,19,25)(H,20,24)(H,27,28). The summed E-state index contributed by atoms with van der Waals surface area (Å²) in [5.41, 5.74) is 10.7. The van der Waals surface area contributed by atoms with E-state index in [-0.39, 0.29) is 0 Å². The zero-order valence-corrected chi connectivity index (χ0v) is 15.8. The fourth-order valence-electron chi connectivity index (χ4n) is 2.89. The second-order valence-corrected chi connectivity index (χ2v) is 6.78. The molecule has 4 amide bonds. The molecule has 28 heavy (non-hydrogen) atoms. The van der Waals surface area contributed by atoms with Crippen molar-refractivity contribution in [2.75, 3.05) is 6.54 Å². The number of likely N-dealkylation sites (tertiary alicyclic amines) is 1. The zero-order chi connectivity index (χ0) is 21.6. The minimum atomic E-state index is -1.64. The van der Waals surface area contributed by atoms with E-state index < -0.39 is 66.3 Å². The fraction of sp³-hybridized carbons (Fsp3) is 0.688. The van der Waals surface area contributed by atoms with Gasteiger partial charge in [-0.2, -0.15) is 0 Å². The summed E-state index contributed by atoms with van der Waals surface area (Å²) in [7, 11) is 0. The number of nitrogens with zero attached hydrogens (tertiary/aromatic N) is 1. The van der Waals surface area contributed by atoms with Crippen LogP contribution in [0.2, 0.25) is 0 Å². The smallest absolute Gasteiger partial charge is 0.328 e. The number of nitrogens with two attached hydrogens (primary N) is 2. The van der Waals surface area contributed by atoms with Gasteiger partial charge < -0.3 is 37.2 Å². The molecule has 158 valence electrons. The molecule has 12 nitrogen and oxygen atoms in total. The lowest BCUT2D eigenvalue weighted by atomic mass is 10.1. The number of rotatable bonds is 9. The Morgan fingerprint density at radius 2 is 1.79 bits per heavy atom. The highest BCUT2D eigenvalue weighted by Crippen LogP contribution is 2.18. The Bertz CT molecular complexity index is 637. The molecular formula is C16H27N5O7. The number of hydrogen-bond donors (Lipinski definition) is 6. The van der Waals surface area contributed by atoms with Crippen LogP contribution in [0.1, 0.15) is 33.1 Å². The number of primary amides is 1. The summed E-state index contributed by atoms with van der Waals surface area (Å²) in [6.45, 7) is 2.98. The van der Waals surface area contributed by atoms with Crippen molar-refractivity contribution in [3.8, 4) is 0 Å². The molecule has 5 unspecified atom stereocenters. The minimum Gasteiger partial charge on any atom is -0.480 e. The van der Waals surface area contributed by atoms with Gasteiger partial charge in [0.15, 0.2) is 6.04 Å². The summed E-state index contributed by atoms with van der Waals surface area (Å²) in [5, 5.41) is 22.9. The summed E-state index contributed by atoms with van der Waals surface area (Å²) < 4.78 is 0. The Hall–Kier alpha value is -2.73. The molecule has 12 heteroatoms. The predicted molar refractivity (Wildman–Crippen MR) is 95.4 cm³/mol. The molecule has 0 radical (unpaired) electrons. The molecular weight excluding hydrogens is 374 g/mol. The van der Waals surface area contributed by atoms with Crippen molar-refractivity contribution in [1.29, 1.82) is 0 Å². The number of carboxylic acid groups (broad SMARTS) is 1. The Labute approximate surface area is 161 Å². The van der Waals surface area contributed by atoms with Crippen LogP contribution in [0, 0.1) is 0 Å². The monoisotopic (exact) mass is 401 g/mol. The first-order chi connectivity index (χ1) is 13.0. The van der Waals surface area contributed by atoms with Gasteiger partial charge in [0.25, 0.3) is 0 Å². The van der Waals surface area contributed by atoms with Crippen molar-refractivity contribution in [3.05, 3.63) is 0 Å². The normalized spacial score (nSPS) is 20.6. The molecule has 0 bridgehead atoms. The average molecular weight is 401 g/mol. The third-order valence-corrected chi connectivity index (χ3v) is 4.31. The third kappa shape index (κ3) is 6.16. The molecule has 1 fully saturated rings. The largest absolute Gasteiger partial charge is 0.480 e. The molecule has 1 rings (SSSR count). The fourth-order valence-corrected chi connectivity index (χ4v) is 2.89. The van der Waals surface area contributed by atoms with Crippen molar-refractivity contribution in [3.63, 3.8) is 0 Å². The van der Waals surface area contributed by atoms with E-state index in [9.17, 15) is 29.1 Å². The Morgan fingerprint density at radius 1 is 1.18 bits per heavy atom. The van der Waals surface area contributed by atoms with Gasteiger partial charge in [-0.1, -0.05) is 0 Å². The number of amides is 4. The quantitative estimate of drug-likeness (QED) is 0.229. The summed E-state index contributed by atoms with van der Waals surface area (Å²) in [4.78, 5) is 60.8. The molecule has 0 aromatic rings. The lowest BCUT2D eigenvalue weighted by Crippen LogP contribution is -2.58. The topological polar surface area (TPSA) is 205 Å². The van der Waals surface area contributed by atoms with E-state index in [1.807, 2.05) is 0 Å². The molecule has 5 atom stereocenters. The minimum absolute atomic E-state index is 0.328. The van der Waals surface area contributed by atoms with Crippen LogP contribution >= 0.6 is 0 Å². The van der Waals surface area contributed by atoms with Gasteiger partial charge in [-0.3, -0.25) is 19.2 Å². The van der Waals surface area contributed by atoms with E-state index in [2.05, 4.69) is 10.6 Å². The van der Waals surface area contributed by atoms with Crippen molar-refractivity contribution < 1.29 is 34.2 Å². The molecule has 8 N–H and O–H groups in total.